The molecule has 0 aliphatic heterocycles. The summed E-state index contributed by atoms with van der Waals surface area (Å²) in [6, 6.07) is 7.71. The van der Waals surface area contributed by atoms with Gasteiger partial charge in [-0.05, 0) is 49.3 Å². The van der Waals surface area contributed by atoms with E-state index in [4.69, 9.17) is 0 Å². The third kappa shape index (κ3) is 5.93. The predicted octanol–water partition coefficient (Wildman–Crippen LogP) is 4.10. The molecule has 0 saturated heterocycles. The fourth-order valence-electron chi connectivity index (χ4n) is 3.38. The van der Waals surface area contributed by atoms with Crippen molar-refractivity contribution < 1.29 is 9.59 Å². The minimum atomic E-state index is -0.289. The summed E-state index contributed by atoms with van der Waals surface area (Å²) in [6.07, 6.45) is 6.02. The van der Waals surface area contributed by atoms with E-state index in [0.29, 0.717) is 0 Å². The molecule has 4 nitrogen and oxygen atoms in total. The lowest BCUT2D eigenvalue weighted by Crippen LogP contribution is -2.40. The van der Waals surface area contributed by atoms with Crippen LogP contribution in [0, 0.1) is 5.92 Å². The van der Waals surface area contributed by atoms with Gasteiger partial charge in [0.05, 0.1) is 12.5 Å². The van der Waals surface area contributed by atoms with Gasteiger partial charge < -0.3 is 10.6 Å². The van der Waals surface area contributed by atoms with Crippen LogP contribution in [0.25, 0.3) is 0 Å². The van der Waals surface area contributed by atoms with Crippen molar-refractivity contribution in [3.8, 4) is 0 Å². The molecule has 1 atom stereocenters. The molecule has 0 radical (unpaired) electrons. The normalized spacial score (nSPS) is 21.8. The third-order valence-corrected chi connectivity index (χ3v) is 5.36. The summed E-state index contributed by atoms with van der Waals surface area (Å²) in [6.45, 7) is 3.72. The smallest absolute Gasteiger partial charge is 0.222 e. The molecule has 2 N–H and O–H groups in total. The van der Waals surface area contributed by atoms with E-state index < -0.39 is 0 Å². The summed E-state index contributed by atoms with van der Waals surface area (Å²) < 4.78 is 0.977. The minimum absolute atomic E-state index is 0.0108. The lowest BCUT2D eigenvalue weighted by molar-refractivity contribution is -0.123. The van der Waals surface area contributed by atoms with Crippen LogP contribution in [0.3, 0.4) is 0 Å². The first-order valence-electron chi connectivity index (χ1n) is 8.79. The second-order valence-corrected chi connectivity index (χ2v) is 7.62. The Bertz CT molecular complexity index is 551. The minimum Gasteiger partial charge on any atom is -0.353 e. The molecule has 1 aliphatic rings. The lowest BCUT2D eigenvalue weighted by atomic mass is 9.84. The lowest BCUT2D eigenvalue weighted by Gasteiger charge is -2.29. The number of carbonyl (C=O) groups is 2. The topological polar surface area (TPSA) is 58.2 Å². The standard InChI is InChI=1S/C19H27BrN2O2/c1-3-14-4-10-17(11-5-14)22-19(24)12-18(21-13(2)23)15-6-8-16(20)9-7-15/h6-9,14,17-18H,3-5,10-12H2,1-2H3,(H,21,23)(H,22,24). The van der Waals surface area contributed by atoms with Crippen LogP contribution in [0.2, 0.25) is 0 Å². The van der Waals surface area contributed by atoms with E-state index >= 15 is 0 Å². The van der Waals surface area contributed by atoms with Gasteiger partial charge in [0.2, 0.25) is 11.8 Å². The number of benzene rings is 1. The fourth-order valence-corrected chi connectivity index (χ4v) is 3.64. The Morgan fingerprint density at radius 1 is 1.17 bits per heavy atom. The van der Waals surface area contributed by atoms with E-state index in [1.165, 1.54) is 26.2 Å². The van der Waals surface area contributed by atoms with Gasteiger partial charge in [-0.15, -0.1) is 0 Å². The molecule has 0 aromatic heterocycles. The zero-order valence-electron chi connectivity index (χ0n) is 14.5. The van der Waals surface area contributed by atoms with Crippen LogP contribution in [0.15, 0.2) is 28.7 Å². The number of halogens is 1. The molecular formula is C19H27BrN2O2. The van der Waals surface area contributed by atoms with Crippen molar-refractivity contribution in [1.29, 1.82) is 0 Å². The molecule has 1 aromatic carbocycles. The van der Waals surface area contributed by atoms with Crippen molar-refractivity contribution in [2.24, 2.45) is 5.92 Å². The van der Waals surface area contributed by atoms with Crippen molar-refractivity contribution in [2.75, 3.05) is 0 Å². The SMILES string of the molecule is CCC1CCC(NC(=O)CC(NC(C)=O)c2ccc(Br)cc2)CC1. The van der Waals surface area contributed by atoms with E-state index in [0.717, 1.165) is 28.8 Å². The molecule has 0 spiro atoms. The molecule has 2 amide bonds. The number of hydrogen-bond acceptors (Lipinski definition) is 2. The highest BCUT2D eigenvalue weighted by Gasteiger charge is 2.23. The molecule has 2 rings (SSSR count). The van der Waals surface area contributed by atoms with Crippen LogP contribution in [0.5, 0.6) is 0 Å². The summed E-state index contributed by atoms with van der Waals surface area (Å²) in [5, 5.41) is 6.03. The summed E-state index contributed by atoms with van der Waals surface area (Å²) in [5.74, 6) is 0.698. The molecule has 1 aliphatic carbocycles. The quantitative estimate of drug-likeness (QED) is 0.762. The highest BCUT2D eigenvalue weighted by atomic mass is 79.9. The average molecular weight is 395 g/mol. The molecule has 1 fully saturated rings. The van der Waals surface area contributed by atoms with E-state index in [9.17, 15) is 9.59 Å². The Balaban J connectivity index is 1.92. The van der Waals surface area contributed by atoms with Gasteiger partial charge in [0.15, 0.2) is 0 Å². The monoisotopic (exact) mass is 394 g/mol. The predicted molar refractivity (Wildman–Crippen MR) is 99.5 cm³/mol. The number of hydrogen-bond donors (Lipinski definition) is 2. The Morgan fingerprint density at radius 2 is 1.79 bits per heavy atom. The Kier molecular flexibility index (Phi) is 7.28. The molecule has 1 aromatic rings. The zero-order chi connectivity index (χ0) is 17.5. The van der Waals surface area contributed by atoms with Crippen molar-refractivity contribution in [2.45, 2.75) is 64.5 Å². The van der Waals surface area contributed by atoms with Crippen molar-refractivity contribution in [3.63, 3.8) is 0 Å². The van der Waals surface area contributed by atoms with Crippen LogP contribution < -0.4 is 10.6 Å². The van der Waals surface area contributed by atoms with Crippen molar-refractivity contribution in [3.05, 3.63) is 34.3 Å². The fraction of sp³-hybridized carbons (Fsp3) is 0.579. The maximum Gasteiger partial charge on any atom is 0.222 e. The Morgan fingerprint density at radius 3 is 2.33 bits per heavy atom. The first kappa shape index (κ1) is 19.0. The maximum atomic E-state index is 12.4. The maximum absolute atomic E-state index is 12.4. The zero-order valence-corrected chi connectivity index (χ0v) is 16.1. The van der Waals surface area contributed by atoms with Gasteiger partial charge in [0, 0.05) is 17.4 Å². The first-order chi connectivity index (χ1) is 11.5. The van der Waals surface area contributed by atoms with Crippen LogP contribution in [0.4, 0.5) is 0 Å². The van der Waals surface area contributed by atoms with Crippen LogP contribution in [-0.2, 0) is 9.59 Å². The number of amides is 2. The number of nitrogens with one attached hydrogen (secondary N) is 2. The second-order valence-electron chi connectivity index (χ2n) is 6.70. The summed E-state index contributed by atoms with van der Waals surface area (Å²) in [7, 11) is 0. The molecule has 132 valence electrons. The largest absolute Gasteiger partial charge is 0.353 e. The van der Waals surface area contributed by atoms with Crippen LogP contribution in [0.1, 0.15) is 64.0 Å². The van der Waals surface area contributed by atoms with Gasteiger partial charge >= 0.3 is 0 Å². The van der Waals surface area contributed by atoms with Crippen molar-refractivity contribution in [1.82, 2.24) is 10.6 Å². The van der Waals surface area contributed by atoms with E-state index in [2.05, 4.69) is 33.5 Å². The third-order valence-electron chi connectivity index (χ3n) is 4.83. The Hall–Kier alpha value is -1.36. The van der Waals surface area contributed by atoms with Crippen LogP contribution >= 0.6 is 15.9 Å². The number of carbonyl (C=O) groups excluding carboxylic acids is 2. The molecular weight excluding hydrogens is 368 g/mol. The van der Waals surface area contributed by atoms with E-state index in [1.54, 1.807) is 0 Å². The van der Waals surface area contributed by atoms with Gasteiger partial charge in [-0.2, -0.15) is 0 Å². The van der Waals surface area contributed by atoms with Crippen molar-refractivity contribution >= 4 is 27.7 Å². The van der Waals surface area contributed by atoms with E-state index in [1.807, 2.05) is 24.3 Å². The molecule has 0 bridgehead atoms. The van der Waals surface area contributed by atoms with Gasteiger partial charge in [-0.1, -0.05) is 41.4 Å². The molecule has 1 unspecified atom stereocenters. The first-order valence-corrected chi connectivity index (χ1v) is 9.59. The average Bonchev–Trinajstić information content (AvgIpc) is 2.55. The summed E-state index contributed by atoms with van der Waals surface area (Å²) in [5.41, 5.74) is 0.943. The van der Waals surface area contributed by atoms with Gasteiger partial charge in [-0.25, -0.2) is 0 Å². The van der Waals surface area contributed by atoms with Crippen LogP contribution in [-0.4, -0.2) is 17.9 Å². The Labute approximate surface area is 152 Å². The number of rotatable bonds is 6. The van der Waals surface area contributed by atoms with Gasteiger partial charge in [0.25, 0.3) is 0 Å². The molecule has 0 heterocycles. The highest BCUT2D eigenvalue weighted by Crippen LogP contribution is 2.27. The second kappa shape index (κ2) is 9.21. The summed E-state index contributed by atoms with van der Waals surface area (Å²) >= 11 is 3.41. The molecule has 1 saturated carbocycles. The summed E-state index contributed by atoms with van der Waals surface area (Å²) in [4.78, 5) is 23.9. The van der Waals surface area contributed by atoms with Gasteiger partial charge in [0.1, 0.15) is 0 Å². The molecule has 5 heteroatoms. The van der Waals surface area contributed by atoms with Gasteiger partial charge in [-0.3, -0.25) is 9.59 Å². The van der Waals surface area contributed by atoms with E-state index in [-0.39, 0.29) is 30.3 Å². The highest BCUT2D eigenvalue weighted by molar-refractivity contribution is 9.10. The molecule has 24 heavy (non-hydrogen) atoms.